The van der Waals surface area contributed by atoms with Crippen molar-refractivity contribution in [1.82, 2.24) is 10.4 Å². The molecule has 0 aliphatic rings. The second-order valence-corrected chi connectivity index (χ2v) is 4.38. The Labute approximate surface area is 110 Å². The molecular formula is C14H15F2N3. The lowest BCUT2D eigenvalue weighted by Crippen LogP contribution is -2.30. The Bertz CT molecular complexity index is 552. The average molecular weight is 263 g/mol. The molecule has 19 heavy (non-hydrogen) atoms. The van der Waals surface area contributed by atoms with Crippen molar-refractivity contribution in [2.24, 2.45) is 5.84 Å². The lowest BCUT2D eigenvalue weighted by molar-refractivity contribution is 0.536. The number of aromatic nitrogens is 1. The van der Waals surface area contributed by atoms with Gasteiger partial charge >= 0.3 is 0 Å². The maximum Gasteiger partial charge on any atom is 0.126 e. The molecule has 0 aliphatic heterocycles. The topological polar surface area (TPSA) is 50.9 Å². The lowest BCUT2D eigenvalue weighted by atomic mass is 9.98. The molecule has 1 heterocycles. The van der Waals surface area contributed by atoms with Crippen molar-refractivity contribution in [2.75, 3.05) is 0 Å². The van der Waals surface area contributed by atoms with Crippen LogP contribution in [0.1, 0.15) is 22.9 Å². The molecule has 3 nitrogen and oxygen atoms in total. The minimum absolute atomic E-state index is 0.241. The zero-order valence-corrected chi connectivity index (χ0v) is 10.5. The number of nitrogens with two attached hydrogens (primary N) is 1. The first kappa shape index (κ1) is 13.6. The molecule has 100 valence electrons. The molecule has 0 radical (unpaired) electrons. The minimum atomic E-state index is -0.589. The second-order valence-electron chi connectivity index (χ2n) is 4.38. The fourth-order valence-electron chi connectivity index (χ4n) is 2.09. The fraction of sp³-hybridized carbons (Fsp3) is 0.214. The number of aryl methyl sites for hydroxylation is 1. The van der Waals surface area contributed by atoms with Gasteiger partial charge in [-0.2, -0.15) is 0 Å². The van der Waals surface area contributed by atoms with Gasteiger partial charge < -0.3 is 0 Å². The van der Waals surface area contributed by atoms with Gasteiger partial charge in [0.15, 0.2) is 0 Å². The van der Waals surface area contributed by atoms with E-state index in [1.54, 1.807) is 12.3 Å². The third-order valence-corrected chi connectivity index (χ3v) is 2.99. The first-order chi connectivity index (χ1) is 9.10. The highest BCUT2D eigenvalue weighted by Crippen LogP contribution is 2.20. The highest BCUT2D eigenvalue weighted by molar-refractivity contribution is 5.26. The first-order valence-electron chi connectivity index (χ1n) is 5.92. The molecule has 0 fully saturated rings. The van der Waals surface area contributed by atoms with Gasteiger partial charge in [0.2, 0.25) is 0 Å². The van der Waals surface area contributed by atoms with E-state index >= 15 is 0 Å². The molecule has 0 bridgehead atoms. The van der Waals surface area contributed by atoms with E-state index in [2.05, 4.69) is 10.4 Å². The number of hydrazine groups is 1. The van der Waals surface area contributed by atoms with Crippen LogP contribution >= 0.6 is 0 Å². The van der Waals surface area contributed by atoms with Crippen molar-refractivity contribution in [3.63, 3.8) is 0 Å². The number of nitrogens with zero attached hydrogens (tertiary/aromatic N) is 1. The summed E-state index contributed by atoms with van der Waals surface area (Å²) in [5.41, 5.74) is 4.95. The molecule has 1 aromatic heterocycles. The highest BCUT2D eigenvalue weighted by atomic mass is 19.1. The number of nitrogens with one attached hydrogen (secondary N) is 1. The van der Waals surface area contributed by atoms with E-state index in [-0.39, 0.29) is 6.04 Å². The Morgan fingerprint density at radius 1 is 1.26 bits per heavy atom. The Kier molecular flexibility index (Phi) is 4.19. The molecule has 0 saturated heterocycles. The molecule has 2 aromatic rings. The summed E-state index contributed by atoms with van der Waals surface area (Å²) >= 11 is 0. The van der Waals surface area contributed by atoms with E-state index < -0.39 is 11.6 Å². The molecule has 0 amide bonds. The second kappa shape index (κ2) is 5.86. The number of rotatable bonds is 4. The largest absolute Gasteiger partial charge is 0.271 e. The normalized spacial score (nSPS) is 12.4. The zero-order chi connectivity index (χ0) is 13.8. The van der Waals surface area contributed by atoms with Gasteiger partial charge in [0.25, 0.3) is 0 Å². The van der Waals surface area contributed by atoms with Gasteiger partial charge in [-0.25, -0.2) is 8.78 Å². The van der Waals surface area contributed by atoms with Gasteiger partial charge in [-0.15, -0.1) is 0 Å². The van der Waals surface area contributed by atoms with E-state index in [1.807, 2.05) is 13.0 Å². The predicted octanol–water partition coefficient (Wildman–Crippen LogP) is 2.42. The van der Waals surface area contributed by atoms with Crippen molar-refractivity contribution in [2.45, 2.75) is 19.4 Å². The van der Waals surface area contributed by atoms with E-state index in [9.17, 15) is 8.78 Å². The molecule has 2 rings (SSSR count). The van der Waals surface area contributed by atoms with Gasteiger partial charge in [0, 0.05) is 18.0 Å². The van der Waals surface area contributed by atoms with Crippen molar-refractivity contribution in [3.8, 4) is 0 Å². The smallest absolute Gasteiger partial charge is 0.126 e. The Balaban J connectivity index is 2.26. The molecule has 1 atom stereocenters. The van der Waals surface area contributed by atoms with Crippen LogP contribution in [-0.2, 0) is 6.42 Å². The van der Waals surface area contributed by atoms with Crippen LogP contribution in [0.3, 0.4) is 0 Å². The summed E-state index contributed by atoms with van der Waals surface area (Å²) in [5.74, 6) is 4.35. The van der Waals surface area contributed by atoms with Gasteiger partial charge in [0.05, 0.1) is 6.04 Å². The summed E-state index contributed by atoms with van der Waals surface area (Å²) in [6, 6.07) is 6.92. The summed E-state index contributed by atoms with van der Waals surface area (Å²) in [5, 5.41) is 0. The number of pyridine rings is 1. The van der Waals surface area contributed by atoms with Crippen LogP contribution in [0.5, 0.6) is 0 Å². The quantitative estimate of drug-likeness (QED) is 0.658. The number of hydrogen-bond acceptors (Lipinski definition) is 3. The van der Waals surface area contributed by atoms with Gasteiger partial charge in [-0.3, -0.25) is 16.3 Å². The third-order valence-electron chi connectivity index (χ3n) is 2.99. The molecule has 3 N–H and O–H groups in total. The van der Waals surface area contributed by atoms with Crippen LogP contribution in [0.15, 0.2) is 36.5 Å². The summed E-state index contributed by atoms with van der Waals surface area (Å²) in [6.07, 6.45) is 2.08. The number of benzene rings is 1. The van der Waals surface area contributed by atoms with E-state index in [0.717, 1.165) is 17.3 Å². The third kappa shape index (κ3) is 3.33. The minimum Gasteiger partial charge on any atom is -0.271 e. The Hall–Kier alpha value is -1.85. The number of hydrogen-bond donors (Lipinski definition) is 2. The monoisotopic (exact) mass is 263 g/mol. The van der Waals surface area contributed by atoms with E-state index in [1.165, 1.54) is 12.1 Å². The zero-order valence-electron chi connectivity index (χ0n) is 10.5. The van der Waals surface area contributed by atoms with Crippen molar-refractivity contribution < 1.29 is 8.78 Å². The van der Waals surface area contributed by atoms with Gasteiger partial charge in [0.1, 0.15) is 11.6 Å². The maximum absolute atomic E-state index is 13.2. The first-order valence-corrected chi connectivity index (χ1v) is 5.92. The van der Waals surface area contributed by atoms with Crippen LogP contribution < -0.4 is 11.3 Å². The molecule has 5 heteroatoms. The van der Waals surface area contributed by atoms with Crippen LogP contribution in [0, 0.1) is 18.6 Å². The van der Waals surface area contributed by atoms with Crippen LogP contribution in [-0.4, -0.2) is 4.98 Å². The van der Waals surface area contributed by atoms with E-state index in [0.29, 0.717) is 12.0 Å². The summed E-state index contributed by atoms with van der Waals surface area (Å²) in [6.45, 7) is 1.87. The van der Waals surface area contributed by atoms with Crippen LogP contribution in [0.25, 0.3) is 0 Å². The molecular weight excluding hydrogens is 248 g/mol. The SMILES string of the molecule is Cc1ncccc1C(Cc1cc(F)cc(F)c1)NN. The highest BCUT2D eigenvalue weighted by Gasteiger charge is 2.14. The standard InChI is InChI=1S/C14H15F2N3/c1-9-13(3-2-4-18-9)14(19-17)7-10-5-11(15)8-12(16)6-10/h2-6,8,14,19H,7,17H2,1H3. The van der Waals surface area contributed by atoms with Crippen molar-refractivity contribution in [1.29, 1.82) is 0 Å². The molecule has 0 aliphatic carbocycles. The van der Waals surface area contributed by atoms with Crippen molar-refractivity contribution >= 4 is 0 Å². The predicted molar refractivity (Wildman–Crippen MR) is 69.1 cm³/mol. The van der Waals surface area contributed by atoms with Crippen LogP contribution in [0.4, 0.5) is 8.78 Å². The fourth-order valence-corrected chi connectivity index (χ4v) is 2.09. The summed E-state index contributed by atoms with van der Waals surface area (Å²) in [7, 11) is 0. The lowest BCUT2D eigenvalue weighted by Gasteiger charge is -2.18. The molecule has 0 spiro atoms. The number of halogens is 2. The summed E-state index contributed by atoms with van der Waals surface area (Å²) in [4.78, 5) is 4.18. The summed E-state index contributed by atoms with van der Waals surface area (Å²) < 4.78 is 26.3. The molecule has 1 aromatic carbocycles. The van der Waals surface area contributed by atoms with Gasteiger partial charge in [-0.05, 0) is 42.7 Å². The molecule has 0 saturated carbocycles. The van der Waals surface area contributed by atoms with E-state index in [4.69, 9.17) is 5.84 Å². The van der Waals surface area contributed by atoms with Crippen molar-refractivity contribution in [3.05, 3.63) is 65.0 Å². The van der Waals surface area contributed by atoms with Gasteiger partial charge in [-0.1, -0.05) is 6.07 Å². The maximum atomic E-state index is 13.2. The Morgan fingerprint density at radius 2 is 1.95 bits per heavy atom. The Morgan fingerprint density at radius 3 is 2.53 bits per heavy atom. The average Bonchev–Trinajstić information content (AvgIpc) is 2.36. The van der Waals surface area contributed by atoms with Crippen LogP contribution in [0.2, 0.25) is 0 Å². The molecule has 1 unspecified atom stereocenters.